The molecule has 1 N–H and O–H groups in total. The summed E-state index contributed by atoms with van der Waals surface area (Å²) in [7, 11) is 0. The van der Waals surface area contributed by atoms with Gasteiger partial charge in [0.25, 0.3) is 5.96 Å². The third kappa shape index (κ3) is 2.35. The van der Waals surface area contributed by atoms with Gasteiger partial charge in [0.05, 0.1) is 18.1 Å². The molecule has 4 heterocycles. The fourth-order valence-electron chi connectivity index (χ4n) is 5.14. The van der Waals surface area contributed by atoms with Crippen LogP contribution >= 0.6 is 11.6 Å². The van der Waals surface area contributed by atoms with Crippen molar-refractivity contribution in [3.8, 4) is 0 Å². The van der Waals surface area contributed by atoms with Crippen LogP contribution in [0.5, 0.6) is 0 Å². The van der Waals surface area contributed by atoms with Gasteiger partial charge in [0.2, 0.25) is 5.28 Å². The van der Waals surface area contributed by atoms with Crippen molar-refractivity contribution in [2.75, 3.05) is 4.90 Å². The number of nitrogens with zero attached hydrogens (tertiary/aromatic N) is 7. The maximum Gasteiger partial charge on any atom is 0.252 e. The molecule has 0 saturated heterocycles. The van der Waals surface area contributed by atoms with Crippen LogP contribution in [-0.4, -0.2) is 36.7 Å². The zero-order chi connectivity index (χ0) is 18.1. The van der Waals surface area contributed by atoms with Crippen molar-refractivity contribution in [1.82, 2.24) is 30.0 Å². The van der Waals surface area contributed by atoms with Gasteiger partial charge in [-0.25, -0.2) is 4.98 Å². The molecule has 2 fully saturated rings. The highest BCUT2D eigenvalue weighted by atomic mass is 35.5. The lowest BCUT2D eigenvalue weighted by Gasteiger charge is -2.45. The number of imidazole rings is 1. The number of aromatic nitrogens is 5. The minimum Gasteiger partial charge on any atom is -0.298 e. The van der Waals surface area contributed by atoms with Crippen molar-refractivity contribution in [3.05, 3.63) is 23.4 Å². The van der Waals surface area contributed by atoms with Gasteiger partial charge in [0, 0.05) is 12.0 Å². The normalized spacial score (nSPS) is 33.8. The molecule has 0 aromatic carbocycles. The van der Waals surface area contributed by atoms with Crippen LogP contribution in [0.15, 0.2) is 17.5 Å². The fraction of sp³-hybridized carbons (Fsp3) is 0.667. The molecule has 142 valence electrons. The first kappa shape index (κ1) is 15.9. The van der Waals surface area contributed by atoms with Gasteiger partial charge < -0.3 is 0 Å². The van der Waals surface area contributed by atoms with Crippen LogP contribution in [0.3, 0.4) is 0 Å². The molecule has 5 atom stereocenters. The van der Waals surface area contributed by atoms with E-state index in [1.54, 1.807) is 4.68 Å². The van der Waals surface area contributed by atoms with Gasteiger partial charge in [-0.1, -0.05) is 25.0 Å². The molecular weight excluding hydrogens is 364 g/mol. The molecule has 2 aliphatic carbocycles. The predicted octanol–water partition coefficient (Wildman–Crippen LogP) is 2.63. The highest BCUT2D eigenvalue weighted by Crippen LogP contribution is 2.46. The minimum atomic E-state index is 0.127. The third-order valence-corrected chi connectivity index (χ3v) is 7.06. The van der Waals surface area contributed by atoms with E-state index in [0.29, 0.717) is 17.2 Å². The highest BCUT2D eigenvalue weighted by molar-refractivity contribution is 6.28. The first-order valence-electron chi connectivity index (χ1n) is 9.97. The largest absolute Gasteiger partial charge is 0.298 e. The van der Waals surface area contributed by atoms with Crippen LogP contribution in [-0.2, 0) is 6.42 Å². The summed E-state index contributed by atoms with van der Waals surface area (Å²) in [5.74, 6) is 3.76. The lowest BCUT2D eigenvalue weighted by atomic mass is 9.80. The van der Waals surface area contributed by atoms with Crippen LogP contribution in [0.1, 0.15) is 50.8 Å². The summed E-state index contributed by atoms with van der Waals surface area (Å²) in [5.41, 5.74) is 4.40. The molecule has 0 amide bonds. The Morgan fingerprint density at radius 3 is 3.00 bits per heavy atom. The van der Waals surface area contributed by atoms with E-state index < -0.39 is 0 Å². The molecule has 2 aromatic heterocycles. The van der Waals surface area contributed by atoms with Crippen molar-refractivity contribution >= 4 is 23.4 Å². The number of nitrogens with one attached hydrogen (secondary N) is 1. The van der Waals surface area contributed by atoms with Gasteiger partial charge >= 0.3 is 0 Å². The monoisotopic (exact) mass is 386 g/mol. The maximum absolute atomic E-state index is 6.47. The zero-order valence-electron chi connectivity index (χ0n) is 15.3. The number of hydrazone groups is 1. The van der Waals surface area contributed by atoms with Gasteiger partial charge in [-0.15, -0.1) is 10.2 Å². The number of fused-ring (bicyclic) bond motifs is 6. The number of anilines is 1. The van der Waals surface area contributed by atoms with E-state index in [0.717, 1.165) is 48.6 Å². The molecule has 8 nitrogen and oxygen atoms in total. The first-order valence-corrected chi connectivity index (χ1v) is 10.4. The summed E-state index contributed by atoms with van der Waals surface area (Å²) in [4.78, 5) is 6.60. The van der Waals surface area contributed by atoms with Crippen LogP contribution in [0, 0.1) is 17.8 Å². The van der Waals surface area contributed by atoms with E-state index in [4.69, 9.17) is 11.6 Å². The fourth-order valence-corrected chi connectivity index (χ4v) is 5.40. The average molecular weight is 387 g/mol. The molecule has 2 aromatic rings. The van der Waals surface area contributed by atoms with E-state index in [-0.39, 0.29) is 6.17 Å². The summed E-state index contributed by atoms with van der Waals surface area (Å²) < 4.78 is 3.98. The molecule has 0 radical (unpaired) electrons. The predicted molar refractivity (Wildman–Crippen MR) is 101 cm³/mol. The van der Waals surface area contributed by atoms with Crippen LogP contribution in [0.25, 0.3) is 0 Å². The summed E-state index contributed by atoms with van der Waals surface area (Å²) in [6.45, 7) is 2.30. The number of hydrogen-bond donors (Lipinski definition) is 1. The summed E-state index contributed by atoms with van der Waals surface area (Å²) in [5, 5.41) is 14.0. The molecular formula is C18H23ClN8. The molecule has 2 aliphatic heterocycles. The smallest absolute Gasteiger partial charge is 0.252 e. The standard InChI is InChI=1S/C18H23ClN8/c1-10-6-11(10)7-12-9-25(24-21-12)18-23-22-16-13-4-2-3-5-14(13)26-15(27(16)18)8-20-17(26)19/h8-11,13-14,16,22H,2-7H2,1H3. The second-order valence-electron chi connectivity index (χ2n) is 8.46. The maximum atomic E-state index is 6.47. The summed E-state index contributed by atoms with van der Waals surface area (Å²) in [6.07, 6.45) is 11.1. The van der Waals surface area contributed by atoms with Gasteiger partial charge in [-0.2, -0.15) is 4.68 Å². The second kappa shape index (κ2) is 5.70. The van der Waals surface area contributed by atoms with Gasteiger partial charge in [-0.05, 0) is 49.1 Å². The van der Waals surface area contributed by atoms with Crippen molar-refractivity contribution in [3.63, 3.8) is 0 Å². The Hall–Kier alpha value is -2.09. The molecule has 2 saturated carbocycles. The van der Waals surface area contributed by atoms with Gasteiger partial charge in [0.15, 0.2) is 0 Å². The molecule has 27 heavy (non-hydrogen) atoms. The molecule has 0 spiro atoms. The summed E-state index contributed by atoms with van der Waals surface area (Å²) in [6, 6.07) is 0.384. The summed E-state index contributed by atoms with van der Waals surface area (Å²) >= 11 is 6.47. The van der Waals surface area contributed by atoms with Crippen molar-refractivity contribution in [2.45, 2.75) is 57.7 Å². The molecule has 0 bridgehead atoms. The Bertz CT molecular complexity index is 916. The Kier molecular flexibility index (Phi) is 3.36. The van der Waals surface area contributed by atoms with Crippen LogP contribution in [0.4, 0.5) is 5.82 Å². The second-order valence-corrected chi connectivity index (χ2v) is 8.80. The van der Waals surface area contributed by atoms with Gasteiger partial charge in [0.1, 0.15) is 12.0 Å². The lowest BCUT2D eigenvalue weighted by molar-refractivity contribution is 0.176. The number of hydrogen-bond acceptors (Lipinski definition) is 6. The van der Waals surface area contributed by atoms with E-state index in [9.17, 15) is 0 Å². The molecule has 6 rings (SSSR count). The van der Waals surface area contributed by atoms with E-state index in [1.807, 2.05) is 12.4 Å². The lowest BCUT2D eigenvalue weighted by Crippen LogP contribution is -2.54. The average Bonchev–Trinajstić information content (AvgIpc) is 3.08. The molecule has 9 heteroatoms. The Labute approximate surface area is 162 Å². The Balaban J connectivity index is 1.36. The SMILES string of the molecule is CC1CC1Cc1cn(C2=NNC3C4CCCCC4n4c(cnc4Cl)N23)nn1. The number of rotatable bonds is 2. The highest BCUT2D eigenvalue weighted by Gasteiger charge is 2.48. The molecule has 4 aliphatic rings. The van der Waals surface area contributed by atoms with Crippen molar-refractivity contribution < 1.29 is 0 Å². The van der Waals surface area contributed by atoms with Crippen molar-refractivity contribution in [2.24, 2.45) is 22.9 Å². The Morgan fingerprint density at radius 2 is 2.15 bits per heavy atom. The van der Waals surface area contributed by atoms with Crippen LogP contribution in [0.2, 0.25) is 5.28 Å². The minimum absolute atomic E-state index is 0.127. The van der Waals surface area contributed by atoms with E-state index in [1.165, 1.54) is 19.3 Å². The first-order chi connectivity index (χ1) is 13.2. The number of halogens is 1. The zero-order valence-corrected chi connectivity index (χ0v) is 16.0. The van der Waals surface area contributed by atoms with Gasteiger partial charge in [-0.3, -0.25) is 14.9 Å². The molecule has 5 unspecified atom stereocenters. The van der Waals surface area contributed by atoms with E-state index in [2.05, 4.69) is 42.2 Å². The third-order valence-electron chi connectivity index (χ3n) is 6.78. The van der Waals surface area contributed by atoms with Crippen LogP contribution < -0.4 is 10.3 Å². The van der Waals surface area contributed by atoms with Crippen molar-refractivity contribution in [1.29, 1.82) is 0 Å². The Morgan fingerprint density at radius 1 is 1.30 bits per heavy atom. The topological polar surface area (TPSA) is 76.2 Å². The van der Waals surface area contributed by atoms with E-state index >= 15 is 0 Å². The quantitative estimate of drug-likeness (QED) is 0.858.